The van der Waals surface area contributed by atoms with Crippen LogP contribution in [-0.4, -0.2) is 23.9 Å². The maximum atomic E-state index is 9.22. The lowest BCUT2D eigenvalue weighted by Gasteiger charge is -2.13. The third kappa shape index (κ3) is 4.19. The molecule has 0 saturated heterocycles. The van der Waals surface area contributed by atoms with Gasteiger partial charge in [-0.15, -0.1) is 0 Å². The molecule has 94 valence electrons. The second-order valence-corrected chi connectivity index (χ2v) is 5.00. The molecule has 1 fully saturated rings. The van der Waals surface area contributed by atoms with Gasteiger partial charge in [0.2, 0.25) is 0 Å². The molecule has 1 atom stereocenters. The summed E-state index contributed by atoms with van der Waals surface area (Å²) in [6.45, 7) is 2.77. The molecule has 1 aliphatic carbocycles. The first-order valence-corrected chi connectivity index (χ1v) is 6.35. The number of nitrogens with one attached hydrogen (secondary N) is 1. The zero-order valence-corrected chi connectivity index (χ0v) is 10.7. The fourth-order valence-corrected chi connectivity index (χ4v) is 1.77. The van der Waals surface area contributed by atoms with Gasteiger partial charge >= 0.3 is 0 Å². The van der Waals surface area contributed by atoms with Crippen LogP contribution in [0.1, 0.15) is 25.3 Å². The maximum Gasteiger partial charge on any atom is 0.124 e. The van der Waals surface area contributed by atoms with Crippen LogP contribution in [0.2, 0.25) is 5.02 Å². The van der Waals surface area contributed by atoms with Crippen LogP contribution in [0.15, 0.2) is 18.2 Å². The fraction of sp³-hybridized carbons (Fsp3) is 0.538. The van der Waals surface area contributed by atoms with Crippen LogP contribution in [-0.2, 0) is 6.54 Å². The van der Waals surface area contributed by atoms with Gasteiger partial charge in [-0.2, -0.15) is 0 Å². The van der Waals surface area contributed by atoms with Gasteiger partial charge in [0.15, 0.2) is 0 Å². The van der Waals surface area contributed by atoms with Crippen molar-refractivity contribution in [3.63, 3.8) is 0 Å². The normalized spacial score (nSPS) is 16.9. The maximum absolute atomic E-state index is 9.22. The van der Waals surface area contributed by atoms with E-state index >= 15 is 0 Å². The van der Waals surface area contributed by atoms with Gasteiger partial charge in [0.05, 0.1) is 6.10 Å². The number of aliphatic hydroxyl groups excluding tert-OH is 1. The predicted molar refractivity (Wildman–Crippen MR) is 68.5 cm³/mol. The third-order valence-corrected chi connectivity index (χ3v) is 2.90. The van der Waals surface area contributed by atoms with Crippen LogP contribution in [0.3, 0.4) is 0 Å². The van der Waals surface area contributed by atoms with E-state index < -0.39 is 6.10 Å². The van der Waals surface area contributed by atoms with E-state index in [0.717, 1.165) is 17.9 Å². The number of benzene rings is 1. The summed E-state index contributed by atoms with van der Waals surface area (Å²) in [5.41, 5.74) is 1.05. The monoisotopic (exact) mass is 255 g/mol. The Morgan fingerprint density at radius 3 is 2.94 bits per heavy atom. The van der Waals surface area contributed by atoms with E-state index in [-0.39, 0.29) is 0 Å². The van der Waals surface area contributed by atoms with Crippen molar-refractivity contribution in [2.75, 3.05) is 6.61 Å². The summed E-state index contributed by atoms with van der Waals surface area (Å²) < 4.78 is 5.56. The van der Waals surface area contributed by atoms with Crippen LogP contribution in [0.25, 0.3) is 0 Å². The smallest absolute Gasteiger partial charge is 0.124 e. The molecular formula is C13H18ClNO2. The Morgan fingerprint density at radius 1 is 1.53 bits per heavy atom. The highest BCUT2D eigenvalue weighted by Crippen LogP contribution is 2.25. The molecule has 3 nitrogen and oxygen atoms in total. The van der Waals surface area contributed by atoms with Crippen LogP contribution >= 0.6 is 11.6 Å². The molecule has 0 radical (unpaired) electrons. The van der Waals surface area contributed by atoms with E-state index in [1.165, 1.54) is 12.8 Å². The Morgan fingerprint density at radius 2 is 2.29 bits per heavy atom. The lowest BCUT2D eigenvalue weighted by molar-refractivity contribution is 0.122. The lowest BCUT2D eigenvalue weighted by atomic mass is 10.2. The van der Waals surface area contributed by atoms with Crippen molar-refractivity contribution in [1.82, 2.24) is 5.32 Å². The number of ether oxygens (including phenoxy) is 1. The van der Waals surface area contributed by atoms with E-state index in [2.05, 4.69) is 5.32 Å². The molecule has 0 bridgehead atoms. The third-order valence-electron chi connectivity index (χ3n) is 2.66. The van der Waals surface area contributed by atoms with Crippen LogP contribution in [0.5, 0.6) is 5.75 Å². The summed E-state index contributed by atoms with van der Waals surface area (Å²) in [5, 5.41) is 13.4. The number of aliphatic hydroxyl groups is 1. The molecule has 1 aromatic carbocycles. The lowest BCUT2D eigenvalue weighted by Crippen LogP contribution is -2.18. The van der Waals surface area contributed by atoms with Gasteiger partial charge in [0.25, 0.3) is 0 Å². The van der Waals surface area contributed by atoms with Crippen LogP contribution in [0, 0.1) is 0 Å². The van der Waals surface area contributed by atoms with E-state index in [1.54, 1.807) is 13.0 Å². The highest BCUT2D eigenvalue weighted by Gasteiger charge is 2.20. The second-order valence-electron chi connectivity index (χ2n) is 4.57. The Hall–Kier alpha value is -0.770. The van der Waals surface area contributed by atoms with Crippen molar-refractivity contribution in [3.05, 3.63) is 28.8 Å². The molecular weight excluding hydrogens is 238 g/mol. The molecule has 0 spiro atoms. The van der Waals surface area contributed by atoms with E-state index in [4.69, 9.17) is 16.3 Å². The van der Waals surface area contributed by atoms with Gasteiger partial charge in [0, 0.05) is 23.2 Å². The summed E-state index contributed by atoms with van der Waals surface area (Å²) in [4.78, 5) is 0. The topological polar surface area (TPSA) is 41.5 Å². The molecule has 1 unspecified atom stereocenters. The number of rotatable bonds is 6. The molecule has 17 heavy (non-hydrogen) atoms. The Labute approximate surface area is 107 Å². The van der Waals surface area contributed by atoms with Gasteiger partial charge in [-0.3, -0.25) is 0 Å². The largest absolute Gasteiger partial charge is 0.491 e. The van der Waals surface area contributed by atoms with Gasteiger partial charge in [-0.25, -0.2) is 0 Å². The standard InChI is InChI=1S/C13H18ClNO2/c1-9(16)8-17-13-5-2-11(14)6-10(13)7-15-12-3-4-12/h2,5-6,9,12,15-16H,3-4,7-8H2,1H3. The summed E-state index contributed by atoms with van der Waals surface area (Å²) >= 11 is 5.98. The van der Waals surface area contributed by atoms with Crippen molar-refractivity contribution in [2.45, 2.75) is 38.5 Å². The molecule has 2 rings (SSSR count). The zero-order chi connectivity index (χ0) is 12.3. The minimum Gasteiger partial charge on any atom is -0.491 e. The van der Waals surface area contributed by atoms with Crippen molar-refractivity contribution in [3.8, 4) is 5.75 Å². The first-order chi connectivity index (χ1) is 8.15. The van der Waals surface area contributed by atoms with E-state index in [0.29, 0.717) is 17.7 Å². The zero-order valence-electron chi connectivity index (χ0n) is 9.95. The molecule has 1 aliphatic rings. The molecule has 1 saturated carbocycles. The number of halogens is 1. The molecule has 1 aromatic rings. The Balaban J connectivity index is 2.00. The highest BCUT2D eigenvalue weighted by molar-refractivity contribution is 6.30. The summed E-state index contributed by atoms with van der Waals surface area (Å²) in [6.07, 6.45) is 2.05. The average molecular weight is 256 g/mol. The van der Waals surface area contributed by atoms with Crippen molar-refractivity contribution < 1.29 is 9.84 Å². The second kappa shape index (κ2) is 5.71. The Kier molecular flexibility index (Phi) is 4.26. The number of hydrogen-bond acceptors (Lipinski definition) is 3. The minimum atomic E-state index is -0.463. The molecule has 0 aliphatic heterocycles. The van der Waals surface area contributed by atoms with E-state index in [1.807, 2.05) is 12.1 Å². The van der Waals surface area contributed by atoms with E-state index in [9.17, 15) is 5.11 Å². The van der Waals surface area contributed by atoms with Gasteiger partial charge in [-0.1, -0.05) is 11.6 Å². The average Bonchev–Trinajstić information content (AvgIpc) is 3.08. The predicted octanol–water partition coefficient (Wildman–Crippen LogP) is 2.35. The molecule has 4 heteroatoms. The van der Waals surface area contributed by atoms with Crippen molar-refractivity contribution >= 4 is 11.6 Å². The summed E-state index contributed by atoms with van der Waals surface area (Å²) in [6, 6.07) is 6.22. The summed E-state index contributed by atoms with van der Waals surface area (Å²) in [5.74, 6) is 0.795. The first kappa shape index (κ1) is 12.7. The Bertz CT molecular complexity index is 378. The minimum absolute atomic E-state index is 0.304. The SMILES string of the molecule is CC(O)COc1ccc(Cl)cc1CNC1CC1. The first-order valence-electron chi connectivity index (χ1n) is 5.98. The van der Waals surface area contributed by atoms with Gasteiger partial charge in [-0.05, 0) is 38.0 Å². The highest BCUT2D eigenvalue weighted by atomic mass is 35.5. The van der Waals surface area contributed by atoms with Crippen LogP contribution in [0.4, 0.5) is 0 Å². The molecule has 2 N–H and O–H groups in total. The summed E-state index contributed by atoms with van der Waals surface area (Å²) in [7, 11) is 0. The van der Waals surface area contributed by atoms with Gasteiger partial charge in [0.1, 0.15) is 12.4 Å². The fourth-order valence-electron chi connectivity index (χ4n) is 1.58. The molecule has 0 heterocycles. The molecule has 0 amide bonds. The van der Waals surface area contributed by atoms with Crippen molar-refractivity contribution in [2.24, 2.45) is 0 Å². The van der Waals surface area contributed by atoms with Crippen molar-refractivity contribution in [1.29, 1.82) is 0 Å². The molecule has 0 aromatic heterocycles. The quantitative estimate of drug-likeness (QED) is 0.820. The van der Waals surface area contributed by atoms with Gasteiger partial charge < -0.3 is 15.2 Å². The van der Waals surface area contributed by atoms with Crippen LogP contribution < -0.4 is 10.1 Å². The number of hydrogen-bond donors (Lipinski definition) is 2.